The zero-order valence-corrected chi connectivity index (χ0v) is 11.6. The third-order valence-electron chi connectivity index (χ3n) is 3.06. The molecule has 0 saturated heterocycles. The van der Waals surface area contributed by atoms with E-state index in [1.165, 1.54) is 4.88 Å². The molecule has 1 heterocycles. The topological polar surface area (TPSA) is 55.2 Å². The monoisotopic (exact) mass is 276 g/mol. The lowest BCUT2D eigenvalue weighted by Crippen LogP contribution is -2.17. The first-order chi connectivity index (χ1) is 9.18. The molecule has 0 amide bonds. The van der Waals surface area contributed by atoms with E-state index in [2.05, 4.69) is 16.8 Å². The highest BCUT2D eigenvalue weighted by molar-refractivity contribution is 7.09. The van der Waals surface area contributed by atoms with Gasteiger partial charge in [0.1, 0.15) is 0 Å². The second-order valence-electron chi connectivity index (χ2n) is 4.32. The van der Waals surface area contributed by atoms with E-state index in [4.69, 9.17) is 0 Å². The van der Waals surface area contributed by atoms with Gasteiger partial charge in [0.2, 0.25) is 0 Å². The van der Waals surface area contributed by atoms with Crippen LogP contribution in [0.1, 0.15) is 16.0 Å². The Morgan fingerprint density at radius 2 is 2.16 bits per heavy atom. The minimum absolute atomic E-state index is 0.192. The van der Waals surface area contributed by atoms with Crippen molar-refractivity contribution in [3.8, 4) is 0 Å². The van der Waals surface area contributed by atoms with Crippen molar-refractivity contribution in [3.05, 3.63) is 61.8 Å². The van der Waals surface area contributed by atoms with Gasteiger partial charge in [0.05, 0.1) is 4.92 Å². The summed E-state index contributed by atoms with van der Waals surface area (Å²) in [4.78, 5) is 11.9. The quantitative estimate of drug-likeness (QED) is 0.500. The van der Waals surface area contributed by atoms with Crippen molar-refractivity contribution in [2.45, 2.75) is 19.9 Å². The summed E-state index contributed by atoms with van der Waals surface area (Å²) in [6, 6.07) is 9.38. The number of hydrogen-bond donors (Lipinski definition) is 1. The summed E-state index contributed by atoms with van der Waals surface area (Å²) in [7, 11) is 0. The van der Waals surface area contributed by atoms with Crippen LogP contribution in [0.3, 0.4) is 0 Å². The molecule has 2 rings (SSSR count). The maximum atomic E-state index is 10.8. The Balaban J connectivity index is 1.89. The van der Waals surface area contributed by atoms with Crippen LogP contribution in [0, 0.1) is 17.0 Å². The Kier molecular flexibility index (Phi) is 4.65. The second-order valence-corrected chi connectivity index (χ2v) is 5.36. The fraction of sp³-hybridized carbons (Fsp3) is 0.286. The lowest BCUT2D eigenvalue weighted by Gasteiger charge is -2.07. The predicted molar refractivity (Wildman–Crippen MR) is 77.6 cm³/mol. The minimum Gasteiger partial charge on any atom is -0.312 e. The molecule has 0 aliphatic rings. The lowest BCUT2D eigenvalue weighted by molar-refractivity contribution is -0.385. The summed E-state index contributed by atoms with van der Waals surface area (Å²) < 4.78 is 0. The van der Waals surface area contributed by atoms with Gasteiger partial charge in [-0.05, 0) is 30.4 Å². The molecule has 0 aliphatic carbocycles. The van der Waals surface area contributed by atoms with Gasteiger partial charge in [-0.1, -0.05) is 18.2 Å². The molecule has 0 fully saturated rings. The number of hydrogen-bond acceptors (Lipinski definition) is 4. The highest BCUT2D eigenvalue weighted by Crippen LogP contribution is 2.20. The molecular formula is C14H16N2O2S. The average Bonchev–Trinajstić information content (AvgIpc) is 2.89. The van der Waals surface area contributed by atoms with E-state index < -0.39 is 0 Å². The molecule has 1 aromatic heterocycles. The van der Waals surface area contributed by atoms with E-state index in [9.17, 15) is 10.1 Å². The minimum atomic E-state index is -0.329. The second kappa shape index (κ2) is 6.45. The average molecular weight is 276 g/mol. The first-order valence-electron chi connectivity index (χ1n) is 6.14. The largest absolute Gasteiger partial charge is 0.312 e. The fourth-order valence-corrected chi connectivity index (χ4v) is 2.66. The van der Waals surface area contributed by atoms with Gasteiger partial charge in [-0.25, -0.2) is 0 Å². The molecule has 0 atom stereocenters. The van der Waals surface area contributed by atoms with Gasteiger partial charge >= 0.3 is 0 Å². The Bertz CT molecular complexity index is 553. The Labute approximate surface area is 116 Å². The molecule has 0 aliphatic heterocycles. The van der Waals surface area contributed by atoms with Crippen molar-refractivity contribution in [2.24, 2.45) is 0 Å². The molecule has 0 unspecified atom stereocenters. The van der Waals surface area contributed by atoms with Crippen LogP contribution in [-0.4, -0.2) is 11.5 Å². The van der Waals surface area contributed by atoms with Gasteiger partial charge in [0, 0.05) is 29.6 Å². The molecular weight excluding hydrogens is 260 g/mol. The summed E-state index contributed by atoms with van der Waals surface area (Å²) >= 11 is 1.75. The van der Waals surface area contributed by atoms with E-state index in [1.807, 2.05) is 12.1 Å². The van der Waals surface area contributed by atoms with E-state index in [-0.39, 0.29) is 10.6 Å². The van der Waals surface area contributed by atoms with Crippen molar-refractivity contribution in [1.82, 2.24) is 5.32 Å². The molecule has 0 spiro atoms. The molecule has 0 saturated carbocycles. The number of nitrogens with one attached hydrogen (secondary N) is 1. The highest BCUT2D eigenvalue weighted by Gasteiger charge is 2.12. The molecule has 5 heteroatoms. The highest BCUT2D eigenvalue weighted by atomic mass is 32.1. The van der Waals surface area contributed by atoms with Crippen molar-refractivity contribution in [1.29, 1.82) is 0 Å². The maximum Gasteiger partial charge on any atom is 0.272 e. The Morgan fingerprint density at radius 3 is 2.84 bits per heavy atom. The number of benzene rings is 1. The molecule has 100 valence electrons. The molecule has 1 N–H and O–H groups in total. The summed E-state index contributed by atoms with van der Waals surface area (Å²) in [6.07, 6.45) is 0.992. The number of nitrogens with zero attached hydrogens (tertiary/aromatic N) is 1. The van der Waals surface area contributed by atoms with Gasteiger partial charge in [0.15, 0.2) is 0 Å². The van der Waals surface area contributed by atoms with Crippen LogP contribution in [0.15, 0.2) is 35.7 Å². The SMILES string of the molecule is Cc1c(CNCCc2cccs2)cccc1[N+](=O)[O-]. The normalized spacial score (nSPS) is 10.6. The Hall–Kier alpha value is -1.72. The van der Waals surface area contributed by atoms with E-state index in [0.29, 0.717) is 6.54 Å². The third kappa shape index (κ3) is 3.62. The molecule has 4 nitrogen and oxygen atoms in total. The van der Waals surface area contributed by atoms with Gasteiger partial charge in [-0.15, -0.1) is 11.3 Å². The first kappa shape index (κ1) is 13.7. The molecule has 2 aromatic rings. The van der Waals surface area contributed by atoms with Crippen LogP contribution in [0.2, 0.25) is 0 Å². The number of nitro benzene ring substituents is 1. The van der Waals surface area contributed by atoms with E-state index in [0.717, 1.165) is 24.1 Å². The molecule has 19 heavy (non-hydrogen) atoms. The number of nitro groups is 1. The van der Waals surface area contributed by atoms with Crippen LogP contribution in [0.4, 0.5) is 5.69 Å². The van der Waals surface area contributed by atoms with Gasteiger partial charge in [0.25, 0.3) is 5.69 Å². The van der Waals surface area contributed by atoms with Crippen LogP contribution < -0.4 is 5.32 Å². The van der Waals surface area contributed by atoms with Crippen molar-refractivity contribution < 1.29 is 4.92 Å². The van der Waals surface area contributed by atoms with E-state index >= 15 is 0 Å². The Morgan fingerprint density at radius 1 is 1.32 bits per heavy atom. The summed E-state index contributed by atoms with van der Waals surface area (Å²) in [5, 5.41) is 16.2. The van der Waals surface area contributed by atoms with Gasteiger partial charge < -0.3 is 5.32 Å². The van der Waals surface area contributed by atoms with Crippen LogP contribution >= 0.6 is 11.3 Å². The fourth-order valence-electron chi connectivity index (χ4n) is 1.95. The molecule has 0 bridgehead atoms. The van der Waals surface area contributed by atoms with Crippen molar-refractivity contribution >= 4 is 17.0 Å². The van der Waals surface area contributed by atoms with Gasteiger partial charge in [-0.3, -0.25) is 10.1 Å². The smallest absolute Gasteiger partial charge is 0.272 e. The zero-order valence-electron chi connectivity index (χ0n) is 10.8. The summed E-state index contributed by atoms with van der Waals surface area (Å²) in [5.41, 5.74) is 1.93. The number of rotatable bonds is 6. The lowest BCUT2D eigenvalue weighted by atomic mass is 10.1. The van der Waals surface area contributed by atoms with Crippen molar-refractivity contribution in [2.75, 3.05) is 6.54 Å². The summed E-state index contributed by atoms with van der Waals surface area (Å²) in [5.74, 6) is 0. The van der Waals surface area contributed by atoms with Crippen LogP contribution in [0.5, 0.6) is 0 Å². The standard InChI is InChI=1S/C14H16N2O2S/c1-11-12(4-2-6-14(11)16(17)18)10-15-8-7-13-5-3-9-19-13/h2-6,9,15H,7-8,10H2,1H3. The summed E-state index contributed by atoms with van der Waals surface area (Å²) in [6.45, 7) is 3.34. The predicted octanol–water partition coefficient (Wildman–Crippen LogP) is 3.30. The molecule has 0 radical (unpaired) electrons. The van der Waals surface area contributed by atoms with Crippen LogP contribution in [-0.2, 0) is 13.0 Å². The first-order valence-corrected chi connectivity index (χ1v) is 7.02. The van der Waals surface area contributed by atoms with Gasteiger partial charge in [-0.2, -0.15) is 0 Å². The zero-order chi connectivity index (χ0) is 13.7. The van der Waals surface area contributed by atoms with E-state index in [1.54, 1.807) is 30.4 Å². The number of thiophene rings is 1. The van der Waals surface area contributed by atoms with Crippen molar-refractivity contribution in [3.63, 3.8) is 0 Å². The maximum absolute atomic E-state index is 10.8. The van der Waals surface area contributed by atoms with Crippen LogP contribution in [0.25, 0.3) is 0 Å². The molecule has 1 aromatic carbocycles. The third-order valence-corrected chi connectivity index (χ3v) is 3.99.